The van der Waals surface area contributed by atoms with Crippen LogP contribution in [0, 0.1) is 5.95 Å². The highest BCUT2D eigenvalue weighted by molar-refractivity contribution is 7.80. The Kier molecular flexibility index (Phi) is 5.02. The third-order valence-corrected chi connectivity index (χ3v) is 2.80. The quantitative estimate of drug-likeness (QED) is 0.450. The van der Waals surface area contributed by atoms with Gasteiger partial charge in [0, 0.05) is 10.7 Å². The van der Waals surface area contributed by atoms with Crippen LogP contribution in [-0.4, -0.2) is 16.0 Å². The molecule has 1 aromatic heterocycles. The van der Waals surface area contributed by atoms with Gasteiger partial charge in [-0.3, -0.25) is 15.6 Å². The van der Waals surface area contributed by atoms with Crippen LogP contribution in [0.2, 0.25) is 5.02 Å². The van der Waals surface area contributed by atoms with E-state index in [1.807, 2.05) is 0 Å². The summed E-state index contributed by atoms with van der Waals surface area (Å²) in [4.78, 5) is 15.1. The maximum absolute atomic E-state index is 12.9. The zero-order valence-electron chi connectivity index (χ0n) is 10.6. The highest BCUT2D eigenvalue weighted by atomic mass is 35.5. The molecule has 1 aromatic carbocycles. The third kappa shape index (κ3) is 4.66. The van der Waals surface area contributed by atoms with Crippen LogP contribution in [0.4, 0.5) is 10.1 Å². The molecule has 5 nitrogen and oxygen atoms in total. The second-order valence-electron chi connectivity index (χ2n) is 3.89. The van der Waals surface area contributed by atoms with Gasteiger partial charge in [0.2, 0.25) is 5.95 Å². The van der Waals surface area contributed by atoms with Gasteiger partial charge < -0.3 is 5.32 Å². The number of anilines is 1. The first-order valence-electron chi connectivity index (χ1n) is 5.80. The Bertz CT molecular complexity index is 665. The zero-order chi connectivity index (χ0) is 15.2. The van der Waals surface area contributed by atoms with Gasteiger partial charge in [-0.15, -0.1) is 0 Å². The summed E-state index contributed by atoms with van der Waals surface area (Å²) in [7, 11) is 0. The van der Waals surface area contributed by atoms with Crippen molar-refractivity contribution in [2.24, 2.45) is 0 Å². The van der Waals surface area contributed by atoms with Gasteiger partial charge in [-0.2, -0.15) is 4.39 Å². The number of hydrazine groups is 1. The molecular formula is C13H10ClFN4OS. The minimum atomic E-state index is -0.732. The van der Waals surface area contributed by atoms with E-state index in [1.165, 1.54) is 12.1 Å². The smallest absolute Gasteiger partial charge is 0.288 e. The molecule has 0 saturated heterocycles. The summed E-state index contributed by atoms with van der Waals surface area (Å²) in [6.07, 6.45) is 0. The average molecular weight is 325 g/mol. The molecule has 21 heavy (non-hydrogen) atoms. The van der Waals surface area contributed by atoms with Crippen molar-refractivity contribution in [2.45, 2.75) is 0 Å². The fourth-order valence-corrected chi connectivity index (χ4v) is 1.70. The fourth-order valence-electron chi connectivity index (χ4n) is 1.41. The summed E-state index contributed by atoms with van der Waals surface area (Å²) in [5.74, 6) is -1.33. The van der Waals surface area contributed by atoms with Crippen LogP contribution in [0.15, 0.2) is 42.5 Å². The van der Waals surface area contributed by atoms with Gasteiger partial charge >= 0.3 is 0 Å². The van der Waals surface area contributed by atoms with Gasteiger partial charge in [-0.25, -0.2) is 4.98 Å². The summed E-state index contributed by atoms with van der Waals surface area (Å²) in [5, 5.41) is 3.61. The van der Waals surface area contributed by atoms with Crippen LogP contribution in [0.25, 0.3) is 0 Å². The Balaban J connectivity index is 1.86. The lowest BCUT2D eigenvalue weighted by Crippen LogP contribution is -2.44. The number of carbonyl (C=O) groups excluding carboxylic acids is 1. The number of halogens is 2. The summed E-state index contributed by atoms with van der Waals surface area (Å²) in [5.41, 5.74) is 5.44. The first kappa shape index (κ1) is 15.1. The standard InChI is InChI=1S/C13H10ClFN4OS/c14-8-4-6-9(7-5-8)16-13(21)19-18-12(20)10-2-1-3-11(15)17-10/h1-7H,(H,18,20)(H2,16,19,21). The molecular weight excluding hydrogens is 315 g/mol. The van der Waals surface area contributed by atoms with E-state index in [2.05, 4.69) is 21.2 Å². The van der Waals surface area contributed by atoms with E-state index in [9.17, 15) is 9.18 Å². The lowest BCUT2D eigenvalue weighted by Gasteiger charge is -2.11. The van der Waals surface area contributed by atoms with E-state index < -0.39 is 11.9 Å². The Hall–Kier alpha value is -2.25. The molecule has 0 radical (unpaired) electrons. The molecule has 0 unspecified atom stereocenters. The molecule has 1 heterocycles. The van der Waals surface area contributed by atoms with Crippen molar-refractivity contribution in [2.75, 3.05) is 5.32 Å². The molecule has 0 spiro atoms. The zero-order valence-corrected chi connectivity index (χ0v) is 12.1. The number of thiocarbonyl (C=S) groups is 1. The molecule has 2 aromatic rings. The molecule has 0 bridgehead atoms. The largest absolute Gasteiger partial charge is 0.331 e. The average Bonchev–Trinajstić information content (AvgIpc) is 2.47. The molecule has 2 rings (SSSR count). The summed E-state index contributed by atoms with van der Waals surface area (Å²) in [6, 6.07) is 10.8. The van der Waals surface area contributed by atoms with E-state index in [1.54, 1.807) is 24.3 Å². The lowest BCUT2D eigenvalue weighted by molar-refractivity contribution is 0.0938. The Morgan fingerprint density at radius 1 is 1.14 bits per heavy atom. The molecule has 3 N–H and O–H groups in total. The number of pyridine rings is 1. The fraction of sp³-hybridized carbons (Fsp3) is 0. The second kappa shape index (κ2) is 6.96. The Morgan fingerprint density at radius 3 is 2.52 bits per heavy atom. The van der Waals surface area contributed by atoms with Crippen LogP contribution in [0.5, 0.6) is 0 Å². The first-order chi connectivity index (χ1) is 10.0. The van der Waals surface area contributed by atoms with Crippen LogP contribution >= 0.6 is 23.8 Å². The van der Waals surface area contributed by atoms with Crippen molar-refractivity contribution < 1.29 is 9.18 Å². The molecule has 0 aliphatic heterocycles. The van der Waals surface area contributed by atoms with Gasteiger partial charge in [0.05, 0.1) is 0 Å². The molecule has 0 aliphatic rings. The molecule has 0 aliphatic carbocycles. The topological polar surface area (TPSA) is 66.1 Å². The van der Waals surface area contributed by atoms with Crippen molar-refractivity contribution in [3.05, 3.63) is 59.1 Å². The number of hydrogen-bond acceptors (Lipinski definition) is 3. The predicted octanol–water partition coefficient (Wildman–Crippen LogP) is 2.51. The molecule has 0 fully saturated rings. The van der Waals surface area contributed by atoms with Gasteiger partial charge in [0.1, 0.15) is 5.69 Å². The van der Waals surface area contributed by atoms with Crippen LogP contribution < -0.4 is 16.2 Å². The molecule has 108 valence electrons. The van der Waals surface area contributed by atoms with Crippen molar-refractivity contribution in [3.63, 3.8) is 0 Å². The Labute approximate surface area is 130 Å². The first-order valence-corrected chi connectivity index (χ1v) is 6.59. The summed E-state index contributed by atoms with van der Waals surface area (Å²) in [6.45, 7) is 0. The number of aromatic nitrogens is 1. The van der Waals surface area contributed by atoms with E-state index in [4.69, 9.17) is 23.8 Å². The minimum Gasteiger partial charge on any atom is -0.331 e. The maximum Gasteiger partial charge on any atom is 0.288 e. The third-order valence-electron chi connectivity index (χ3n) is 2.34. The highest BCUT2D eigenvalue weighted by Crippen LogP contribution is 2.12. The minimum absolute atomic E-state index is 0.0585. The SMILES string of the molecule is O=C(NNC(=S)Nc1ccc(Cl)cc1)c1cccc(F)n1. The van der Waals surface area contributed by atoms with Crippen molar-refractivity contribution >= 4 is 40.5 Å². The van der Waals surface area contributed by atoms with E-state index in [0.717, 1.165) is 6.07 Å². The van der Waals surface area contributed by atoms with Crippen LogP contribution in [0.3, 0.4) is 0 Å². The van der Waals surface area contributed by atoms with Gasteiger partial charge in [-0.05, 0) is 48.6 Å². The number of benzene rings is 1. The van der Waals surface area contributed by atoms with Crippen LogP contribution in [0.1, 0.15) is 10.5 Å². The number of nitrogens with zero attached hydrogens (tertiary/aromatic N) is 1. The molecule has 0 atom stereocenters. The van der Waals surface area contributed by atoms with E-state index in [0.29, 0.717) is 10.7 Å². The molecule has 0 saturated carbocycles. The summed E-state index contributed by atoms with van der Waals surface area (Å²) >= 11 is 10.8. The van der Waals surface area contributed by atoms with Gasteiger partial charge in [0.25, 0.3) is 5.91 Å². The normalized spacial score (nSPS) is 9.81. The predicted molar refractivity (Wildman–Crippen MR) is 82.5 cm³/mol. The molecule has 8 heteroatoms. The van der Waals surface area contributed by atoms with Crippen molar-refractivity contribution in [3.8, 4) is 0 Å². The van der Waals surface area contributed by atoms with Crippen molar-refractivity contribution in [1.82, 2.24) is 15.8 Å². The monoisotopic (exact) mass is 324 g/mol. The van der Waals surface area contributed by atoms with Crippen molar-refractivity contribution in [1.29, 1.82) is 0 Å². The number of hydrogen-bond donors (Lipinski definition) is 3. The Morgan fingerprint density at radius 2 is 1.86 bits per heavy atom. The second-order valence-corrected chi connectivity index (χ2v) is 4.73. The van der Waals surface area contributed by atoms with Gasteiger partial charge in [0.15, 0.2) is 5.11 Å². The number of amides is 1. The number of nitrogens with one attached hydrogen (secondary N) is 3. The summed E-state index contributed by atoms with van der Waals surface area (Å²) < 4.78 is 12.9. The number of rotatable bonds is 2. The highest BCUT2D eigenvalue weighted by Gasteiger charge is 2.08. The van der Waals surface area contributed by atoms with E-state index in [-0.39, 0.29) is 10.8 Å². The van der Waals surface area contributed by atoms with E-state index >= 15 is 0 Å². The van der Waals surface area contributed by atoms with Gasteiger partial charge in [-0.1, -0.05) is 17.7 Å². The lowest BCUT2D eigenvalue weighted by atomic mass is 10.3. The van der Waals surface area contributed by atoms with Crippen LogP contribution in [-0.2, 0) is 0 Å². The number of carbonyl (C=O) groups is 1. The maximum atomic E-state index is 12.9. The molecule has 1 amide bonds.